The van der Waals surface area contributed by atoms with Gasteiger partial charge in [-0.05, 0) is 37.0 Å². The summed E-state index contributed by atoms with van der Waals surface area (Å²) in [6, 6.07) is 8.24. The molecule has 4 heteroatoms. The van der Waals surface area contributed by atoms with E-state index < -0.39 is 0 Å². The third-order valence-corrected chi connectivity index (χ3v) is 3.89. The van der Waals surface area contributed by atoms with Gasteiger partial charge in [-0.25, -0.2) is 0 Å². The minimum absolute atomic E-state index is 0.120. The summed E-state index contributed by atoms with van der Waals surface area (Å²) in [6.07, 6.45) is 3.50. The molecular weight excluding hydrogens is 358 g/mol. The molecule has 100 valence electrons. The Balaban J connectivity index is 2.51. The van der Waals surface area contributed by atoms with Crippen molar-refractivity contribution in [2.24, 2.45) is 0 Å². The predicted molar refractivity (Wildman–Crippen MR) is 83.0 cm³/mol. The molecule has 0 fully saturated rings. The van der Waals surface area contributed by atoms with E-state index in [-0.39, 0.29) is 11.9 Å². The van der Waals surface area contributed by atoms with E-state index in [0.29, 0.717) is 6.42 Å². The van der Waals surface area contributed by atoms with Crippen LogP contribution >= 0.6 is 31.9 Å². The number of carbonyl (C=O) groups excluding carboxylic acids is 1. The smallest absolute Gasteiger partial charge is 0.220 e. The fourth-order valence-corrected chi connectivity index (χ4v) is 2.42. The number of hydrogen-bond acceptors (Lipinski definition) is 1. The molecule has 0 aliphatic rings. The van der Waals surface area contributed by atoms with Crippen LogP contribution in [0, 0.1) is 0 Å². The lowest BCUT2D eigenvalue weighted by Gasteiger charge is -2.17. The molecule has 0 radical (unpaired) electrons. The summed E-state index contributed by atoms with van der Waals surface area (Å²) < 4.78 is 1.06. The molecule has 0 aliphatic heterocycles. The topological polar surface area (TPSA) is 29.1 Å². The second-order valence-electron chi connectivity index (χ2n) is 4.23. The lowest BCUT2D eigenvalue weighted by molar-refractivity contribution is -0.122. The molecule has 0 saturated heterocycles. The van der Waals surface area contributed by atoms with E-state index in [1.54, 1.807) is 0 Å². The third kappa shape index (κ3) is 5.53. The standard InChI is InChI=1S/C14H19Br2NO/c1-2-13(11-6-8-12(16)9-7-11)17-14(18)5-3-4-10-15/h6-9,13H,2-5,10H2,1H3,(H,17,18). The van der Waals surface area contributed by atoms with Gasteiger partial charge in [0, 0.05) is 16.2 Å². The first kappa shape index (κ1) is 15.7. The van der Waals surface area contributed by atoms with Crippen molar-refractivity contribution in [2.45, 2.75) is 38.6 Å². The highest BCUT2D eigenvalue weighted by atomic mass is 79.9. The van der Waals surface area contributed by atoms with Gasteiger partial charge in [-0.15, -0.1) is 0 Å². The highest BCUT2D eigenvalue weighted by Crippen LogP contribution is 2.19. The molecule has 2 nitrogen and oxygen atoms in total. The number of alkyl halides is 1. The van der Waals surface area contributed by atoms with Crippen LogP contribution in [0.5, 0.6) is 0 Å². The first-order valence-electron chi connectivity index (χ1n) is 6.28. The van der Waals surface area contributed by atoms with Crippen LogP contribution in [-0.2, 0) is 4.79 Å². The van der Waals surface area contributed by atoms with Crippen LogP contribution in [0.25, 0.3) is 0 Å². The molecule has 1 atom stereocenters. The number of benzene rings is 1. The van der Waals surface area contributed by atoms with Crippen LogP contribution in [0.15, 0.2) is 28.7 Å². The maximum absolute atomic E-state index is 11.8. The molecule has 1 unspecified atom stereocenters. The molecule has 0 aromatic heterocycles. The fourth-order valence-electron chi connectivity index (χ4n) is 1.76. The molecule has 1 N–H and O–H groups in total. The van der Waals surface area contributed by atoms with Crippen LogP contribution in [0.4, 0.5) is 0 Å². The number of amides is 1. The van der Waals surface area contributed by atoms with E-state index in [9.17, 15) is 4.79 Å². The quantitative estimate of drug-likeness (QED) is 0.547. The Kier molecular flexibility index (Phi) is 7.59. The van der Waals surface area contributed by atoms with Crippen LogP contribution in [0.1, 0.15) is 44.2 Å². The monoisotopic (exact) mass is 375 g/mol. The van der Waals surface area contributed by atoms with Crippen molar-refractivity contribution >= 4 is 37.8 Å². The molecular formula is C14H19Br2NO. The molecule has 0 saturated carbocycles. The van der Waals surface area contributed by atoms with Gasteiger partial charge in [0.15, 0.2) is 0 Å². The zero-order valence-electron chi connectivity index (χ0n) is 10.6. The fraction of sp³-hybridized carbons (Fsp3) is 0.500. The summed E-state index contributed by atoms with van der Waals surface area (Å²) in [4.78, 5) is 11.8. The Morgan fingerprint density at radius 3 is 2.50 bits per heavy atom. The first-order valence-corrected chi connectivity index (χ1v) is 8.19. The van der Waals surface area contributed by atoms with Crippen molar-refractivity contribution in [3.8, 4) is 0 Å². The van der Waals surface area contributed by atoms with E-state index in [1.165, 1.54) is 0 Å². The first-order chi connectivity index (χ1) is 8.67. The highest BCUT2D eigenvalue weighted by Gasteiger charge is 2.12. The molecule has 0 heterocycles. The Bertz CT molecular complexity index is 365. The van der Waals surface area contributed by atoms with Gasteiger partial charge in [-0.1, -0.05) is 50.9 Å². The Hall–Kier alpha value is -0.350. The van der Waals surface area contributed by atoms with Crippen LogP contribution in [0.2, 0.25) is 0 Å². The molecule has 1 aromatic rings. The number of halogens is 2. The Labute approximate surface area is 126 Å². The van der Waals surface area contributed by atoms with Gasteiger partial charge in [0.2, 0.25) is 5.91 Å². The van der Waals surface area contributed by atoms with Crippen molar-refractivity contribution in [3.05, 3.63) is 34.3 Å². The molecule has 1 amide bonds. The summed E-state index contributed by atoms with van der Waals surface area (Å²) in [6.45, 7) is 2.09. The summed E-state index contributed by atoms with van der Waals surface area (Å²) in [7, 11) is 0. The number of nitrogens with one attached hydrogen (secondary N) is 1. The second-order valence-corrected chi connectivity index (χ2v) is 5.93. The van der Waals surface area contributed by atoms with E-state index in [0.717, 1.165) is 34.6 Å². The lowest BCUT2D eigenvalue weighted by atomic mass is 10.0. The van der Waals surface area contributed by atoms with Crippen molar-refractivity contribution in [2.75, 3.05) is 5.33 Å². The van der Waals surface area contributed by atoms with Gasteiger partial charge in [0.1, 0.15) is 0 Å². The van der Waals surface area contributed by atoms with Crippen molar-refractivity contribution in [1.29, 1.82) is 0 Å². The third-order valence-electron chi connectivity index (χ3n) is 2.80. The van der Waals surface area contributed by atoms with Crippen LogP contribution < -0.4 is 5.32 Å². The van der Waals surface area contributed by atoms with Gasteiger partial charge in [0.05, 0.1) is 6.04 Å². The van der Waals surface area contributed by atoms with Crippen LogP contribution in [-0.4, -0.2) is 11.2 Å². The average Bonchev–Trinajstić information content (AvgIpc) is 2.37. The van der Waals surface area contributed by atoms with Crippen molar-refractivity contribution in [3.63, 3.8) is 0 Å². The number of carbonyl (C=O) groups is 1. The number of hydrogen-bond donors (Lipinski definition) is 1. The van der Waals surface area contributed by atoms with E-state index in [4.69, 9.17) is 0 Å². The van der Waals surface area contributed by atoms with Crippen molar-refractivity contribution < 1.29 is 4.79 Å². The maximum atomic E-state index is 11.8. The Morgan fingerprint density at radius 2 is 1.94 bits per heavy atom. The zero-order valence-corrected chi connectivity index (χ0v) is 13.8. The molecule has 1 rings (SSSR count). The number of unbranched alkanes of at least 4 members (excludes halogenated alkanes) is 1. The molecule has 0 bridgehead atoms. The molecule has 18 heavy (non-hydrogen) atoms. The van der Waals surface area contributed by atoms with E-state index in [2.05, 4.69) is 56.2 Å². The number of rotatable bonds is 7. The van der Waals surface area contributed by atoms with Gasteiger partial charge in [-0.3, -0.25) is 4.79 Å². The summed E-state index contributed by atoms with van der Waals surface area (Å²) in [5.41, 5.74) is 1.16. The minimum atomic E-state index is 0.120. The SMILES string of the molecule is CCC(NC(=O)CCCCBr)c1ccc(Br)cc1. The lowest BCUT2D eigenvalue weighted by Crippen LogP contribution is -2.27. The maximum Gasteiger partial charge on any atom is 0.220 e. The second kappa shape index (κ2) is 8.70. The van der Waals surface area contributed by atoms with Crippen molar-refractivity contribution in [1.82, 2.24) is 5.32 Å². The predicted octanol–water partition coefficient (Wildman–Crippen LogP) is 4.58. The highest BCUT2D eigenvalue weighted by molar-refractivity contribution is 9.10. The Morgan fingerprint density at radius 1 is 1.28 bits per heavy atom. The molecule has 0 spiro atoms. The van der Waals surface area contributed by atoms with E-state index in [1.807, 2.05) is 12.1 Å². The van der Waals surface area contributed by atoms with Gasteiger partial charge >= 0.3 is 0 Å². The molecule has 1 aromatic carbocycles. The largest absolute Gasteiger partial charge is 0.349 e. The van der Waals surface area contributed by atoms with Gasteiger partial charge in [0.25, 0.3) is 0 Å². The summed E-state index contributed by atoms with van der Waals surface area (Å²) in [5, 5.41) is 4.05. The van der Waals surface area contributed by atoms with Gasteiger partial charge in [-0.2, -0.15) is 0 Å². The van der Waals surface area contributed by atoms with Gasteiger partial charge < -0.3 is 5.32 Å². The molecule has 0 aliphatic carbocycles. The summed E-state index contributed by atoms with van der Waals surface area (Å²) >= 11 is 6.79. The van der Waals surface area contributed by atoms with Crippen LogP contribution in [0.3, 0.4) is 0 Å². The summed E-state index contributed by atoms with van der Waals surface area (Å²) in [5.74, 6) is 0.144. The normalized spacial score (nSPS) is 12.2. The zero-order chi connectivity index (χ0) is 13.4. The minimum Gasteiger partial charge on any atom is -0.349 e. The average molecular weight is 377 g/mol. The van der Waals surface area contributed by atoms with E-state index >= 15 is 0 Å².